The molecule has 0 atom stereocenters. The number of hydrogen-bond donors (Lipinski definition) is 3. The molecule has 110 valence electrons. The van der Waals surface area contributed by atoms with Crippen LogP contribution >= 0.6 is 0 Å². The Kier molecular flexibility index (Phi) is 3.93. The first-order valence-electron chi connectivity index (χ1n) is 6.19. The van der Waals surface area contributed by atoms with Crippen molar-refractivity contribution in [1.82, 2.24) is 10.3 Å². The van der Waals surface area contributed by atoms with Crippen LogP contribution in [0.3, 0.4) is 0 Å². The van der Waals surface area contributed by atoms with Gasteiger partial charge in [-0.2, -0.15) is 0 Å². The Balaban J connectivity index is 2.12. The molecule has 7 nitrogen and oxygen atoms in total. The lowest BCUT2D eigenvalue weighted by Crippen LogP contribution is -2.30. The number of carbonyl (C=O) groups is 2. The van der Waals surface area contributed by atoms with Gasteiger partial charge in [0.25, 0.3) is 11.5 Å². The molecule has 3 N–H and O–H groups in total. The van der Waals surface area contributed by atoms with Gasteiger partial charge in [0.1, 0.15) is 11.3 Å². The minimum atomic E-state index is -1.18. The van der Waals surface area contributed by atoms with Crippen molar-refractivity contribution < 1.29 is 19.1 Å². The largest absolute Gasteiger partial charge is 0.475 e. The number of furan rings is 1. The average molecular weight is 290 g/mol. The first-order valence-corrected chi connectivity index (χ1v) is 6.19. The van der Waals surface area contributed by atoms with E-state index in [1.54, 1.807) is 19.9 Å². The fourth-order valence-electron chi connectivity index (χ4n) is 1.98. The van der Waals surface area contributed by atoms with Crippen molar-refractivity contribution in [2.45, 2.75) is 20.4 Å². The zero-order valence-electron chi connectivity index (χ0n) is 11.5. The fraction of sp³-hybridized carbons (Fsp3) is 0.214. The number of aromatic nitrogens is 1. The maximum absolute atomic E-state index is 12.0. The molecule has 0 fully saturated rings. The summed E-state index contributed by atoms with van der Waals surface area (Å²) in [5.41, 5.74) is 0.812. The molecule has 2 heterocycles. The Bertz CT molecular complexity index is 757. The molecule has 2 aromatic heterocycles. The van der Waals surface area contributed by atoms with Gasteiger partial charge in [-0.15, -0.1) is 0 Å². The van der Waals surface area contributed by atoms with E-state index in [0.717, 1.165) is 0 Å². The van der Waals surface area contributed by atoms with Crippen LogP contribution < -0.4 is 10.9 Å². The molecule has 0 saturated heterocycles. The third-order valence-electron chi connectivity index (χ3n) is 2.89. The van der Waals surface area contributed by atoms with Crippen molar-refractivity contribution in [1.29, 1.82) is 0 Å². The van der Waals surface area contributed by atoms with Crippen LogP contribution in [-0.4, -0.2) is 22.0 Å². The maximum Gasteiger partial charge on any atom is 0.371 e. The van der Waals surface area contributed by atoms with Crippen LogP contribution in [0.25, 0.3) is 0 Å². The highest BCUT2D eigenvalue weighted by Crippen LogP contribution is 2.08. The molecule has 7 heteroatoms. The molecule has 1 amide bonds. The Morgan fingerprint density at radius 1 is 1.33 bits per heavy atom. The average Bonchev–Trinajstić information content (AvgIpc) is 2.84. The van der Waals surface area contributed by atoms with Crippen molar-refractivity contribution in [2.24, 2.45) is 0 Å². The van der Waals surface area contributed by atoms with Crippen molar-refractivity contribution in [3.8, 4) is 0 Å². The van der Waals surface area contributed by atoms with Crippen molar-refractivity contribution in [3.63, 3.8) is 0 Å². The lowest BCUT2D eigenvalue weighted by Gasteiger charge is -2.06. The van der Waals surface area contributed by atoms with Gasteiger partial charge in [-0.05, 0) is 37.6 Å². The number of hydrogen-bond acceptors (Lipinski definition) is 4. The highest BCUT2D eigenvalue weighted by Gasteiger charge is 2.15. The van der Waals surface area contributed by atoms with Gasteiger partial charge in [-0.3, -0.25) is 9.59 Å². The molecule has 0 unspecified atom stereocenters. The topological polar surface area (TPSA) is 112 Å². The zero-order valence-corrected chi connectivity index (χ0v) is 11.5. The van der Waals surface area contributed by atoms with Gasteiger partial charge in [0.05, 0.1) is 6.54 Å². The van der Waals surface area contributed by atoms with Gasteiger partial charge in [0.2, 0.25) is 5.76 Å². The number of rotatable bonds is 4. The molecule has 0 spiro atoms. The number of amides is 1. The van der Waals surface area contributed by atoms with E-state index in [1.807, 2.05) is 0 Å². The summed E-state index contributed by atoms with van der Waals surface area (Å²) in [6.07, 6.45) is 0. The second kappa shape index (κ2) is 5.66. The number of pyridine rings is 1. The molecule has 0 radical (unpaired) electrons. The van der Waals surface area contributed by atoms with Crippen LogP contribution in [0.1, 0.15) is 37.9 Å². The third kappa shape index (κ3) is 3.19. The summed E-state index contributed by atoms with van der Waals surface area (Å²) in [7, 11) is 0. The summed E-state index contributed by atoms with van der Waals surface area (Å²) < 4.78 is 5.01. The van der Waals surface area contributed by atoms with Crippen molar-refractivity contribution in [2.75, 3.05) is 0 Å². The number of aromatic amines is 1. The Morgan fingerprint density at radius 3 is 2.62 bits per heavy atom. The zero-order chi connectivity index (χ0) is 15.6. The van der Waals surface area contributed by atoms with Gasteiger partial charge in [0.15, 0.2) is 0 Å². The highest BCUT2D eigenvalue weighted by molar-refractivity contribution is 5.95. The smallest absolute Gasteiger partial charge is 0.371 e. The van der Waals surface area contributed by atoms with E-state index in [2.05, 4.69) is 10.3 Å². The van der Waals surface area contributed by atoms with Crippen LogP contribution in [0, 0.1) is 13.8 Å². The van der Waals surface area contributed by atoms with Crippen LogP contribution in [0.2, 0.25) is 0 Å². The lowest BCUT2D eigenvalue weighted by atomic mass is 10.1. The number of carbonyl (C=O) groups excluding carboxylic acids is 1. The molecule has 0 saturated carbocycles. The fourth-order valence-corrected chi connectivity index (χ4v) is 1.98. The number of H-pyrrole nitrogens is 1. The SMILES string of the molecule is Cc1cc(C)c(C(=O)NCc2ccc(C(=O)O)o2)c(=O)[nH]1. The molecule has 0 aliphatic carbocycles. The molecule has 0 aliphatic rings. The summed E-state index contributed by atoms with van der Waals surface area (Å²) in [5, 5.41) is 11.2. The summed E-state index contributed by atoms with van der Waals surface area (Å²) in [4.78, 5) is 37.0. The van der Waals surface area contributed by atoms with E-state index < -0.39 is 17.4 Å². The van der Waals surface area contributed by atoms with E-state index in [0.29, 0.717) is 17.0 Å². The Labute approximate surface area is 119 Å². The van der Waals surface area contributed by atoms with Crippen molar-refractivity contribution in [3.05, 3.63) is 56.9 Å². The maximum atomic E-state index is 12.0. The van der Waals surface area contributed by atoms with Crippen LogP contribution in [0.15, 0.2) is 27.4 Å². The monoisotopic (exact) mass is 290 g/mol. The molecule has 21 heavy (non-hydrogen) atoms. The van der Waals surface area contributed by atoms with Crippen LogP contribution in [-0.2, 0) is 6.54 Å². The minimum absolute atomic E-state index is 0.00112. The highest BCUT2D eigenvalue weighted by atomic mass is 16.4. The van der Waals surface area contributed by atoms with E-state index in [9.17, 15) is 14.4 Å². The standard InChI is InChI=1S/C14H14N2O5/c1-7-5-8(2)16-13(18)11(7)12(17)15-6-9-3-4-10(21-9)14(19)20/h3-5H,6H2,1-2H3,(H,15,17)(H,16,18)(H,19,20). The second-order valence-electron chi connectivity index (χ2n) is 4.59. The number of nitrogens with one attached hydrogen (secondary N) is 2. The number of carboxylic acids is 1. The van der Waals surface area contributed by atoms with E-state index in [4.69, 9.17) is 9.52 Å². The molecular formula is C14H14N2O5. The summed E-state index contributed by atoms with van der Waals surface area (Å²) >= 11 is 0. The number of aryl methyl sites for hydroxylation is 2. The van der Waals surface area contributed by atoms with Crippen LogP contribution in [0.4, 0.5) is 0 Å². The van der Waals surface area contributed by atoms with E-state index in [-0.39, 0.29) is 17.9 Å². The minimum Gasteiger partial charge on any atom is -0.475 e. The summed E-state index contributed by atoms with van der Waals surface area (Å²) in [6, 6.07) is 4.45. The first kappa shape index (κ1) is 14.6. The van der Waals surface area contributed by atoms with Gasteiger partial charge < -0.3 is 19.8 Å². The normalized spacial score (nSPS) is 10.4. The molecule has 0 bridgehead atoms. The molecular weight excluding hydrogens is 276 g/mol. The number of aromatic carboxylic acids is 1. The van der Waals surface area contributed by atoms with Gasteiger partial charge in [-0.1, -0.05) is 0 Å². The van der Waals surface area contributed by atoms with Gasteiger partial charge >= 0.3 is 5.97 Å². The molecule has 0 aromatic carbocycles. The summed E-state index contributed by atoms with van der Waals surface area (Å²) in [6.45, 7) is 3.40. The Hall–Kier alpha value is -2.83. The lowest BCUT2D eigenvalue weighted by molar-refractivity contribution is 0.0660. The first-order chi connectivity index (χ1) is 9.88. The van der Waals surface area contributed by atoms with E-state index >= 15 is 0 Å². The second-order valence-corrected chi connectivity index (χ2v) is 4.59. The quantitative estimate of drug-likeness (QED) is 0.783. The third-order valence-corrected chi connectivity index (χ3v) is 2.89. The predicted octanol–water partition coefficient (Wildman–Crippen LogP) is 1.21. The number of carboxylic acid groups (broad SMARTS) is 1. The van der Waals surface area contributed by atoms with Crippen molar-refractivity contribution >= 4 is 11.9 Å². The molecule has 2 rings (SSSR count). The van der Waals surface area contributed by atoms with Gasteiger partial charge in [-0.25, -0.2) is 4.79 Å². The summed E-state index contributed by atoms with van der Waals surface area (Å²) in [5.74, 6) is -1.63. The van der Waals surface area contributed by atoms with E-state index in [1.165, 1.54) is 12.1 Å². The Morgan fingerprint density at radius 2 is 2.05 bits per heavy atom. The van der Waals surface area contributed by atoms with Gasteiger partial charge in [0, 0.05) is 5.69 Å². The van der Waals surface area contributed by atoms with Crippen LogP contribution in [0.5, 0.6) is 0 Å². The molecule has 2 aromatic rings. The predicted molar refractivity (Wildman–Crippen MR) is 73.4 cm³/mol. The molecule has 0 aliphatic heterocycles.